The highest BCUT2D eigenvalue weighted by molar-refractivity contribution is 7.90. The number of sulfone groups is 1. The molecule has 3 aromatic carbocycles. The van der Waals surface area contributed by atoms with Crippen molar-refractivity contribution in [2.24, 2.45) is 0 Å². The number of benzene rings is 3. The standard InChI is InChI=1S/C24H20FNO4S/c1-29-24-19(9-6-10-20(24)25)22-23(17-11-13-18(14-12-17)31(2,27)28)30-21(26-22)15-16-7-4-3-5-8-16/h3-14H,15H2,1-2H3. The van der Waals surface area contributed by atoms with E-state index in [0.29, 0.717) is 34.9 Å². The van der Waals surface area contributed by atoms with Crippen LogP contribution in [-0.2, 0) is 16.3 Å². The molecule has 7 heteroatoms. The van der Waals surface area contributed by atoms with Crippen LogP contribution < -0.4 is 4.74 Å². The van der Waals surface area contributed by atoms with Crippen molar-refractivity contribution in [1.29, 1.82) is 0 Å². The summed E-state index contributed by atoms with van der Waals surface area (Å²) in [6, 6.07) is 20.6. The van der Waals surface area contributed by atoms with Gasteiger partial charge in [0.2, 0.25) is 0 Å². The Morgan fingerprint density at radius 3 is 2.32 bits per heavy atom. The normalized spacial score (nSPS) is 11.5. The van der Waals surface area contributed by atoms with Gasteiger partial charge in [-0.1, -0.05) is 36.4 Å². The van der Waals surface area contributed by atoms with E-state index in [1.807, 2.05) is 30.3 Å². The Kier molecular flexibility index (Phi) is 5.61. The summed E-state index contributed by atoms with van der Waals surface area (Å²) >= 11 is 0. The molecule has 0 unspecified atom stereocenters. The first-order chi connectivity index (χ1) is 14.9. The van der Waals surface area contributed by atoms with Gasteiger partial charge >= 0.3 is 0 Å². The number of rotatable bonds is 6. The van der Waals surface area contributed by atoms with E-state index in [-0.39, 0.29) is 10.6 Å². The maximum atomic E-state index is 14.4. The largest absolute Gasteiger partial charge is 0.493 e. The minimum atomic E-state index is -3.33. The first kappa shape index (κ1) is 20.8. The average molecular weight is 437 g/mol. The van der Waals surface area contributed by atoms with Crippen LogP contribution in [0.4, 0.5) is 4.39 Å². The fraction of sp³-hybridized carbons (Fsp3) is 0.125. The van der Waals surface area contributed by atoms with Gasteiger partial charge in [-0.3, -0.25) is 0 Å². The Labute approximate surface area is 180 Å². The van der Waals surface area contributed by atoms with E-state index in [4.69, 9.17) is 9.15 Å². The number of nitrogens with zero attached hydrogens (tertiary/aromatic N) is 1. The number of ether oxygens (including phenoxy) is 1. The zero-order valence-corrected chi connectivity index (χ0v) is 17.8. The smallest absolute Gasteiger partial charge is 0.199 e. The Morgan fingerprint density at radius 2 is 1.68 bits per heavy atom. The fourth-order valence-corrected chi connectivity index (χ4v) is 3.98. The third kappa shape index (κ3) is 4.36. The molecule has 0 spiro atoms. The zero-order valence-electron chi connectivity index (χ0n) is 17.0. The molecule has 5 nitrogen and oxygen atoms in total. The van der Waals surface area contributed by atoms with E-state index in [2.05, 4.69) is 4.98 Å². The summed E-state index contributed by atoms with van der Waals surface area (Å²) in [6.07, 6.45) is 1.60. The van der Waals surface area contributed by atoms with Crippen LogP contribution in [0, 0.1) is 5.82 Å². The SMILES string of the molecule is COc1c(F)cccc1-c1nc(Cc2ccccc2)oc1-c1ccc(S(C)(=O)=O)cc1. The number of hydrogen-bond acceptors (Lipinski definition) is 5. The van der Waals surface area contributed by atoms with E-state index in [9.17, 15) is 12.8 Å². The van der Waals surface area contributed by atoms with Crippen LogP contribution in [-0.4, -0.2) is 26.8 Å². The maximum absolute atomic E-state index is 14.4. The van der Waals surface area contributed by atoms with Crippen LogP contribution >= 0.6 is 0 Å². The second-order valence-corrected chi connectivity index (χ2v) is 9.08. The third-order valence-corrected chi connectivity index (χ3v) is 5.97. The van der Waals surface area contributed by atoms with Crippen molar-refractivity contribution in [3.05, 3.63) is 90.1 Å². The number of halogens is 1. The minimum absolute atomic E-state index is 0.0658. The van der Waals surface area contributed by atoms with Crippen molar-refractivity contribution in [2.75, 3.05) is 13.4 Å². The molecular formula is C24H20FNO4S. The average Bonchev–Trinajstić information content (AvgIpc) is 3.17. The molecule has 0 saturated heterocycles. The van der Waals surface area contributed by atoms with E-state index in [0.717, 1.165) is 11.8 Å². The van der Waals surface area contributed by atoms with Crippen molar-refractivity contribution in [3.63, 3.8) is 0 Å². The summed E-state index contributed by atoms with van der Waals surface area (Å²) in [5.74, 6) is 0.423. The molecule has 0 amide bonds. The fourth-order valence-electron chi connectivity index (χ4n) is 3.35. The van der Waals surface area contributed by atoms with Crippen molar-refractivity contribution in [1.82, 2.24) is 4.98 Å². The van der Waals surface area contributed by atoms with Gasteiger partial charge in [0.25, 0.3) is 0 Å². The predicted octanol–water partition coefficient (Wildman–Crippen LogP) is 5.15. The van der Waals surface area contributed by atoms with Crippen molar-refractivity contribution < 1.29 is 22.0 Å². The quantitative estimate of drug-likeness (QED) is 0.417. The van der Waals surface area contributed by atoms with E-state index in [1.54, 1.807) is 24.3 Å². The molecule has 0 aliphatic heterocycles. The highest BCUT2D eigenvalue weighted by Crippen LogP contribution is 2.39. The molecule has 0 fully saturated rings. The number of para-hydroxylation sites is 1. The van der Waals surface area contributed by atoms with Gasteiger partial charge in [0.15, 0.2) is 33.1 Å². The summed E-state index contributed by atoms with van der Waals surface area (Å²) in [7, 11) is -1.94. The number of oxazole rings is 1. The molecule has 0 atom stereocenters. The van der Waals surface area contributed by atoms with Gasteiger partial charge in [-0.2, -0.15) is 0 Å². The van der Waals surface area contributed by atoms with Gasteiger partial charge in [0, 0.05) is 23.8 Å². The second-order valence-electron chi connectivity index (χ2n) is 7.06. The number of aromatic nitrogens is 1. The summed E-state index contributed by atoms with van der Waals surface area (Å²) in [5.41, 5.74) is 2.52. The van der Waals surface area contributed by atoms with Crippen LogP contribution in [0.5, 0.6) is 5.75 Å². The van der Waals surface area contributed by atoms with Crippen LogP contribution in [0.1, 0.15) is 11.5 Å². The molecule has 1 heterocycles. The summed E-state index contributed by atoms with van der Waals surface area (Å²) in [6.45, 7) is 0. The van der Waals surface area contributed by atoms with Crippen LogP contribution in [0.15, 0.2) is 82.1 Å². The monoisotopic (exact) mass is 437 g/mol. The molecule has 158 valence electrons. The van der Waals surface area contributed by atoms with Crippen LogP contribution in [0.25, 0.3) is 22.6 Å². The molecule has 4 aromatic rings. The van der Waals surface area contributed by atoms with Crippen LogP contribution in [0.2, 0.25) is 0 Å². The minimum Gasteiger partial charge on any atom is -0.493 e. The van der Waals surface area contributed by atoms with Gasteiger partial charge in [0.05, 0.1) is 12.0 Å². The second kappa shape index (κ2) is 8.35. The number of hydrogen-bond donors (Lipinski definition) is 0. The molecule has 1 aromatic heterocycles. The van der Waals surface area contributed by atoms with Gasteiger partial charge in [-0.25, -0.2) is 17.8 Å². The molecule has 0 aliphatic rings. The lowest BCUT2D eigenvalue weighted by molar-refractivity contribution is 0.388. The van der Waals surface area contributed by atoms with Gasteiger partial charge < -0.3 is 9.15 Å². The Morgan fingerprint density at radius 1 is 0.968 bits per heavy atom. The molecule has 0 N–H and O–H groups in total. The van der Waals surface area contributed by atoms with Crippen LogP contribution in [0.3, 0.4) is 0 Å². The highest BCUT2D eigenvalue weighted by atomic mass is 32.2. The third-order valence-electron chi connectivity index (χ3n) is 4.84. The lowest BCUT2D eigenvalue weighted by Crippen LogP contribution is -1.96. The maximum Gasteiger partial charge on any atom is 0.199 e. The van der Waals surface area contributed by atoms with Gasteiger partial charge in [0.1, 0.15) is 5.69 Å². The summed E-state index contributed by atoms with van der Waals surface area (Å²) < 4.78 is 49.3. The van der Waals surface area contributed by atoms with Gasteiger partial charge in [-0.15, -0.1) is 0 Å². The predicted molar refractivity (Wildman–Crippen MR) is 116 cm³/mol. The molecule has 0 saturated carbocycles. The topological polar surface area (TPSA) is 69.4 Å². The summed E-state index contributed by atoms with van der Waals surface area (Å²) in [5, 5.41) is 0. The molecule has 0 aliphatic carbocycles. The molecule has 4 rings (SSSR count). The molecular weight excluding hydrogens is 417 g/mol. The molecule has 0 radical (unpaired) electrons. The van der Waals surface area contributed by atoms with Gasteiger partial charge in [-0.05, 0) is 42.0 Å². The first-order valence-electron chi connectivity index (χ1n) is 9.54. The van der Waals surface area contributed by atoms with Crippen molar-refractivity contribution >= 4 is 9.84 Å². The van der Waals surface area contributed by atoms with Crippen molar-refractivity contribution in [2.45, 2.75) is 11.3 Å². The Bertz CT molecular complexity index is 1310. The first-order valence-corrected chi connectivity index (χ1v) is 11.4. The Hall–Kier alpha value is -3.45. The lowest BCUT2D eigenvalue weighted by Gasteiger charge is -2.08. The number of methoxy groups -OCH3 is 1. The molecule has 31 heavy (non-hydrogen) atoms. The zero-order chi connectivity index (χ0) is 22.0. The lowest BCUT2D eigenvalue weighted by atomic mass is 10.0. The molecule has 0 bridgehead atoms. The van der Waals surface area contributed by atoms with E-state index in [1.165, 1.54) is 25.3 Å². The van der Waals surface area contributed by atoms with E-state index >= 15 is 0 Å². The summed E-state index contributed by atoms with van der Waals surface area (Å²) in [4.78, 5) is 4.84. The van der Waals surface area contributed by atoms with Crippen molar-refractivity contribution in [3.8, 4) is 28.3 Å². The van der Waals surface area contributed by atoms with E-state index < -0.39 is 15.7 Å². The Balaban J connectivity index is 1.86. The highest BCUT2D eigenvalue weighted by Gasteiger charge is 2.22.